The van der Waals surface area contributed by atoms with Gasteiger partial charge in [-0.25, -0.2) is 0 Å². The molecule has 3 aromatic rings. The van der Waals surface area contributed by atoms with Crippen LogP contribution < -0.4 is 10.2 Å². The molecule has 0 aliphatic heterocycles. The van der Waals surface area contributed by atoms with Crippen LogP contribution in [0.25, 0.3) is 10.8 Å². The summed E-state index contributed by atoms with van der Waals surface area (Å²) >= 11 is 0. The summed E-state index contributed by atoms with van der Waals surface area (Å²) in [7, 11) is -1.44. The fourth-order valence-electron chi connectivity index (χ4n) is 2.23. The van der Waals surface area contributed by atoms with Crippen molar-refractivity contribution >= 4 is 23.4 Å². The normalized spacial score (nSPS) is 10.6. The summed E-state index contributed by atoms with van der Waals surface area (Å²) in [6.07, 6.45) is 0. The van der Waals surface area contributed by atoms with Crippen molar-refractivity contribution in [1.82, 2.24) is 0 Å². The van der Waals surface area contributed by atoms with Crippen molar-refractivity contribution in [2.24, 2.45) is 0 Å². The Labute approximate surface area is 126 Å². The molecule has 0 fully saturated rings. The van der Waals surface area contributed by atoms with Gasteiger partial charge in [-0.1, -0.05) is 54.6 Å². The highest BCUT2D eigenvalue weighted by Crippen LogP contribution is 2.21. The van der Waals surface area contributed by atoms with Gasteiger partial charge in [-0.15, -0.1) is 0 Å². The summed E-state index contributed by atoms with van der Waals surface area (Å²) in [5.74, 6) is 0.795. The van der Waals surface area contributed by atoms with Gasteiger partial charge in [0, 0.05) is 2.85 Å². The van der Waals surface area contributed by atoms with Crippen LogP contribution in [0, 0.1) is 0 Å². The molecule has 3 nitrogen and oxygen atoms in total. The predicted octanol–water partition coefficient (Wildman–Crippen LogP) is 2.59. The Balaban J connectivity index is 0.00000132. The average Bonchev–Trinajstić information content (AvgIpc) is 2.53. The van der Waals surface area contributed by atoms with E-state index in [4.69, 9.17) is 4.74 Å². The third kappa shape index (κ3) is 3.24. The SMILES string of the molecule is OB(O)c1ccc2cc(OCc3ccccc3)ccc2c1.[HH].[HH]. The summed E-state index contributed by atoms with van der Waals surface area (Å²) < 4.78 is 5.78. The Kier molecular flexibility index (Phi) is 3.91. The van der Waals surface area contributed by atoms with Gasteiger partial charge >= 0.3 is 7.12 Å². The minimum Gasteiger partial charge on any atom is -0.489 e. The highest BCUT2D eigenvalue weighted by molar-refractivity contribution is 6.58. The van der Waals surface area contributed by atoms with Crippen LogP contribution in [-0.4, -0.2) is 17.2 Å². The maximum absolute atomic E-state index is 9.18. The maximum Gasteiger partial charge on any atom is 0.488 e. The molecule has 0 heterocycles. The van der Waals surface area contributed by atoms with Crippen LogP contribution in [0.5, 0.6) is 5.75 Å². The number of benzene rings is 3. The molecule has 3 aromatic carbocycles. The molecule has 0 unspecified atom stereocenters. The fourth-order valence-corrected chi connectivity index (χ4v) is 2.23. The van der Waals surface area contributed by atoms with E-state index in [0.717, 1.165) is 22.1 Å². The van der Waals surface area contributed by atoms with Gasteiger partial charge in [0.1, 0.15) is 12.4 Å². The molecule has 0 atom stereocenters. The van der Waals surface area contributed by atoms with E-state index >= 15 is 0 Å². The second-order valence-electron chi connectivity index (χ2n) is 4.92. The minimum absolute atomic E-state index is 0. The molecule has 0 radical (unpaired) electrons. The second kappa shape index (κ2) is 6.00. The number of ether oxygens (including phenoxy) is 1. The summed E-state index contributed by atoms with van der Waals surface area (Å²) in [4.78, 5) is 0. The van der Waals surface area contributed by atoms with Gasteiger partial charge < -0.3 is 14.8 Å². The molecule has 0 saturated heterocycles. The lowest BCUT2D eigenvalue weighted by Gasteiger charge is -2.08. The molecule has 0 saturated carbocycles. The second-order valence-corrected chi connectivity index (χ2v) is 4.92. The van der Waals surface area contributed by atoms with Gasteiger partial charge in [-0.2, -0.15) is 0 Å². The van der Waals surface area contributed by atoms with Crippen molar-refractivity contribution in [3.63, 3.8) is 0 Å². The standard InChI is InChI=1S/C17H15BO3.2H2/c19-18(20)16-8-6-15-11-17(9-7-14(15)10-16)21-12-13-4-2-1-3-5-13;;/h1-11,19-20H,12H2;2*1H. The third-order valence-corrected chi connectivity index (χ3v) is 3.38. The Hall–Kier alpha value is -2.30. The zero-order valence-electron chi connectivity index (χ0n) is 11.4. The van der Waals surface area contributed by atoms with E-state index in [2.05, 4.69) is 0 Å². The minimum atomic E-state index is -1.44. The first-order valence-corrected chi connectivity index (χ1v) is 6.79. The molecule has 0 aromatic heterocycles. The van der Waals surface area contributed by atoms with Crippen molar-refractivity contribution in [1.29, 1.82) is 0 Å². The van der Waals surface area contributed by atoms with E-state index in [-0.39, 0.29) is 2.85 Å². The zero-order chi connectivity index (χ0) is 14.7. The molecule has 21 heavy (non-hydrogen) atoms. The van der Waals surface area contributed by atoms with Crippen molar-refractivity contribution in [3.05, 3.63) is 72.3 Å². The first kappa shape index (κ1) is 13.7. The molecular weight excluding hydrogens is 263 g/mol. The maximum atomic E-state index is 9.18. The van der Waals surface area contributed by atoms with Gasteiger partial charge in [0.2, 0.25) is 0 Å². The van der Waals surface area contributed by atoms with E-state index in [1.807, 2.05) is 54.6 Å². The number of hydrogen-bond acceptors (Lipinski definition) is 3. The highest BCUT2D eigenvalue weighted by atomic mass is 16.5. The molecule has 108 valence electrons. The summed E-state index contributed by atoms with van der Waals surface area (Å²) in [6, 6.07) is 21.1. The number of fused-ring (bicyclic) bond motifs is 1. The van der Waals surface area contributed by atoms with E-state index in [9.17, 15) is 10.0 Å². The molecular formula is C17H19BO3. The Morgan fingerprint density at radius 1 is 0.857 bits per heavy atom. The first-order valence-electron chi connectivity index (χ1n) is 6.79. The van der Waals surface area contributed by atoms with Crippen LogP contribution in [0.2, 0.25) is 0 Å². The summed E-state index contributed by atoms with van der Waals surface area (Å²) in [5, 5.41) is 20.3. The Bertz CT molecular complexity index is 751. The fraction of sp³-hybridized carbons (Fsp3) is 0.0588. The lowest BCUT2D eigenvalue weighted by molar-refractivity contribution is 0.306. The molecule has 3 rings (SSSR count). The number of rotatable bonds is 4. The van der Waals surface area contributed by atoms with Crippen molar-refractivity contribution in [2.45, 2.75) is 6.61 Å². The largest absolute Gasteiger partial charge is 0.489 e. The molecule has 0 aliphatic rings. The highest BCUT2D eigenvalue weighted by Gasteiger charge is 2.10. The van der Waals surface area contributed by atoms with Crippen molar-refractivity contribution in [3.8, 4) is 5.75 Å². The van der Waals surface area contributed by atoms with E-state index in [0.29, 0.717) is 12.1 Å². The van der Waals surface area contributed by atoms with Crippen LogP contribution in [0.1, 0.15) is 8.42 Å². The van der Waals surface area contributed by atoms with Crippen LogP contribution in [-0.2, 0) is 6.61 Å². The molecule has 0 aliphatic carbocycles. The zero-order valence-corrected chi connectivity index (χ0v) is 11.4. The molecule has 2 N–H and O–H groups in total. The molecule has 4 heteroatoms. The van der Waals surface area contributed by atoms with Gasteiger partial charge in [-0.3, -0.25) is 0 Å². The molecule has 0 spiro atoms. The van der Waals surface area contributed by atoms with Gasteiger partial charge in [0.05, 0.1) is 0 Å². The lowest BCUT2D eigenvalue weighted by Crippen LogP contribution is -2.29. The Morgan fingerprint density at radius 3 is 2.33 bits per heavy atom. The topological polar surface area (TPSA) is 49.7 Å². The molecule has 0 bridgehead atoms. The van der Waals surface area contributed by atoms with E-state index in [1.54, 1.807) is 12.1 Å². The van der Waals surface area contributed by atoms with Gasteiger partial charge in [0.15, 0.2) is 0 Å². The van der Waals surface area contributed by atoms with Crippen LogP contribution >= 0.6 is 0 Å². The van der Waals surface area contributed by atoms with Crippen LogP contribution in [0.4, 0.5) is 0 Å². The monoisotopic (exact) mass is 282 g/mol. The van der Waals surface area contributed by atoms with Crippen LogP contribution in [0.3, 0.4) is 0 Å². The van der Waals surface area contributed by atoms with Crippen molar-refractivity contribution in [2.75, 3.05) is 0 Å². The van der Waals surface area contributed by atoms with Crippen LogP contribution in [0.15, 0.2) is 66.7 Å². The van der Waals surface area contributed by atoms with E-state index < -0.39 is 7.12 Å². The quantitative estimate of drug-likeness (QED) is 0.723. The third-order valence-electron chi connectivity index (χ3n) is 3.38. The smallest absolute Gasteiger partial charge is 0.488 e. The lowest BCUT2D eigenvalue weighted by atomic mass is 9.79. The predicted molar refractivity (Wildman–Crippen MR) is 88.8 cm³/mol. The number of hydrogen-bond donors (Lipinski definition) is 2. The molecule has 0 amide bonds. The summed E-state index contributed by atoms with van der Waals surface area (Å²) in [6.45, 7) is 0.528. The van der Waals surface area contributed by atoms with Gasteiger partial charge in [0.25, 0.3) is 0 Å². The van der Waals surface area contributed by atoms with Gasteiger partial charge in [-0.05, 0) is 33.9 Å². The first-order chi connectivity index (χ1) is 10.2. The average molecular weight is 282 g/mol. The summed E-state index contributed by atoms with van der Waals surface area (Å²) in [5.41, 5.74) is 1.61. The Morgan fingerprint density at radius 2 is 1.57 bits per heavy atom. The van der Waals surface area contributed by atoms with E-state index in [1.165, 1.54) is 0 Å². The van der Waals surface area contributed by atoms with Crippen molar-refractivity contribution < 1.29 is 17.6 Å².